The van der Waals surface area contributed by atoms with Crippen molar-refractivity contribution in [1.29, 1.82) is 0 Å². The maximum atomic E-state index is 9.20. The quantitative estimate of drug-likeness (QED) is 0.739. The zero-order valence-corrected chi connectivity index (χ0v) is 11.9. The highest BCUT2D eigenvalue weighted by Gasteiger charge is 2.10. The lowest BCUT2D eigenvalue weighted by molar-refractivity contribution is 0.230. The van der Waals surface area contributed by atoms with Gasteiger partial charge >= 0.3 is 0 Å². The van der Waals surface area contributed by atoms with Gasteiger partial charge in [0.25, 0.3) is 0 Å². The maximum Gasteiger partial charge on any atom is 0.0584 e. The monoisotopic (exact) mass is 249 g/mol. The summed E-state index contributed by atoms with van der Waals surface area (Å²) in [6, 6.07) is 9.34. The second-order valence-electron chi connectivity index (χ2n) is 5.02. The number of benzene rings is 1. The van der Waals surface area contributed by atoms with E-state index in [9.17, 15) is 5.11 Å². The zero-order valence-electron chi connectivity index (χ0n) is 11.9. The standard InChI is InChI=1S/C16H27NO/c1-4-6-7-14-8-10-15(11-9-14)13(3)17-16(5-2)12-18/h8-11,13,16-18H,4-7,12H2,1-3H3/t13?,16-/m1/s1. The molecule has 0 aliphatic heterocycles. The lowest BCUT2D eigenvalue weighted by Crippen LogP contribution is -2.33. The molecule has 0 aliphatic rings. The fourth-order valence-corrected chi connectivity index (χ4v) is 2.10. The topological polar surface area (TPSA) is 32.3 Å². The number of hydrogen-bond donors (Lipinski definition) is 2. The van der Waals surface area contributed by atoms with Gasteiger partial charge in [0.15, 0.2) is 0 Å². The van der Waals surface area contributed by atoms with Crippen LogP contribution in [0.1, 0.15) is 57.2 Å². The molecule has 0 amide bonds. The van der Waals surface area contributed by atoms with Crippen molar-refractivity contribution >= 4 is 0 Å². The molecular weight excluding hydrogens is 222 g/mol. The van der Waals surface area contributed by atoms with Gasteiger partial charge in [-0.3, -0.25) is 0 Å². The molecule has 0 saturated carbocycles. The highest BCUT2D eigenvalue weighted by atomic mass is 16.3. The summed E-state index contributed by atoms with van der Waals surface area (Å²) in [4.78, 5) is 0. The Labute approximate surface area is 111 Å². The average molecular weight is 249 g/mol. The van der Waals surface area contributed by atoms with E-state index in [4.69, 9.17) is 0 Å². The molecule has 1 aromatic rings. The Hall–Kier alpha value is -0.860. The van der Waals surface area contributed by atoms with Crippen LogP contribution in [0.3, 0.4) is 0 Å². The molecule has 2 heteroatoms. The van der Waals surface area contributed by atoms with Crippen molar-refractivity contribution in [3.63, 3.8) is 0 Å². The summed E-state index contributed by atoms with van der Waals surface area (Å²) in [5.41, 5.74) is 2.71. The van der Waals surface area contributed by atoms with Gasteiger partial charge in [0.05, 0.1) is 6.61 Å². The number of aryl methyl sites for hydroxylation is 1. The second kappa shape index (κ2) is 8.28. The molecule has 2 N–H and O–H groups in total. The van der Waals surface area contributed by atoms with E-state index in [-0.39, 0.29) is 12.6 Å². The van der Waals surface area contributed by atoms with E-state index in [0.717, 1.165) is 6.42 Å². The highest BCUT2D eigenvalue weighted by Crippen LogP contribution is 2.15. The molecule has 0 spiro atoms. The summed E-state index contributed by atoms with van der Waals surface area (Å²) in [7, 11) is 0. The van der Waals surface area contributed by atoms with Crippen molar-refractivity contribution in [2.45, 2.75) is 58.5 Å². The van der Waals surface area contributed by atoms with E-state index in [1.807, 2.05) is 0 Å². The lowest BCUT2D eigenvalue weighted by Gasteiger charge is -2.21. The van der Waals surface area contributed by atoms with Crippen molar-refractivity contribution in [2.24, 2.45) is 0 Å². The Morgan fingerprint density at radius 2 is 1.83 bits per heavy atom. The fourth-order valence-electron chi connectivity index (χ4n) is 2.10. The van der Waals surface area contributed by atoms with Crippen molar-refractivity contribution in [3.8, 4) is 0 Å². The van der Waals surface area contributed by atoms with Crippen LogP contribution >= 0.6 is 0 Å². The van der Waals surface area contributed by atoms with Crippen molar-refractivity contribution in [2.75, 3.05) is 6.61 Å². The van der Waals surface area contributed by atoms with Crippen LogP contribution in [0.25, 0.3) is 0 Å². The molecule has 2 atom stereocenters. The number of rotatable bonds is 8. The molecule has 0 bridgehead atoms. The Morgan fingerprint density at radius 1 is 1.17 bits per heavy atom. The normalized spacial score (nSPS) is 14.4. The summed E-state index contributed by atoms with van der Waals surface area (Å²) in [5, 5.41) is 12.6. The predicted molar refractivity (Wildman–Crippen MR) is 77.8 cm³/mol. The first kappa shape index (κ1) is 15.2. The minimum Gasteiger partial charge on any atom is -0.395 e. The van der Waals surface area contributed by atoms with Crippen molar-refractivity contribution < 1.29 is 5.11 Å². The first-order valence-electron chi connectivity index (χ1n) is 7.17. The minimum atomic E-state index is 0.194. The number of hydrogen-bond acceptors (Lipinski definition) is 2. The van der Waals surface area contributed by atoms with Crippen LogP contribution in [-0.4, -0.2) is 17.8 Å². The van der Waals surface area contributed by atoms with Gasteiger partial charge in [-0.25, -0.2) is 0 Å². The van der Waals surface area contributed by atoms with E-state index in [1.165, 1.54) is 30.4 Å². The third kappa shape index (κ3) is 4.79. The van der Waals surface area contributed by atoms with E-state index < -0.39 is 0 Å². The molecule has 2 nitrogen and oxygen atoms in total. The molecule has 1 aromatic carbocycles. The van der Waals surface area contributed by atoms with Gasteiger partial charge in [0.2, 0.25) is 0 Å². The van der Waals surface area contributed by atoms with Crippen LogP contribution in [0.15, 0.2) is 24.3 Å². The summed E-state index contributed by atoms with van der Waals surface area (Å²) in [5.74, 6) is 0. The Balaban J connectivity index is 2.55. The maximum absolute atomic E-state index is 9.20. The molecule has 1 rings (SSSR count). The zero-order chi connectivity index (χ0) is 13.4. The van der Waals surface area contributed by atoms with Gasteiger partial charge in [-0.15, -0.1) is 0 Å². The number of nitrogens with one attached hydrogen (secondary N) is 1. The van der Waals surface area contributed by atoms with Crippen LogP contribution in [0, 0.1) is 0 Å². The first-order chi connectivity index (χ1) is 8.71. The van der Waals surface area contributed by atoms with E-state index >= 15 is 0 Å². The molecule has 102 valence electrons. The van der Waals surface area contributed by atoms with Gasteiger partial charge in [-0.05, 0) is 37.3 Å². The summed E-state index contributed by atoms with van der Waals surface area (Å²) in [6.45, 7) is 6.67. The molecule has 1 unspecified atom stereocenters. The van der Waals surface area contributed by atoms with Gasteiger partial charge in [0.1, 0.15) is 0 Å². The van der Waals surface area contributed by atoms with Crippen molar-refractivity contribution in [1.82, 2.24) is 5.32 Å². The van der Waals surface area contributed by atoms with Crippen molar-refractivity contribution in [3.05, 3.63) is 35.4 Å². The third-order valence-corrected chi connectivity index (χ3v) is 3.50. The Kier molecular flexibility index (Phi) is 6.99. The van der Waals surface area contributed by atoms with Crippen LogP contribution in [0.4, 0.5) is 0 Å². The molecular formula is C16H27NO. The minimum absolute atomic E-state index is 0.194. The molecule has 0 heterocycles. The van der Waals surface area contributed by atoms with Crippen LogP contribution < -0.4 is 5.32 Å². The molecule has 18 heavy (non-hydrogen) atoms. The number of unbranched alkanes of at least 4 members (excludes halogenated alkanes) is 1. The molecule has 0 saturated heterocycles. The highest BCUT2D eigenvalue weighted by molar-refractivity contribution is 5.24. The van der Waals surface area contributed by atoms with Gasteiger partial charge in [-0.2, -0.15) is 0 Å². The fraction of sp³-hybridized carbons (Fsp3) is 0.625. The second-order valence-corrected chi connectivity index (χ2v) is 5.02. The third-order valence-electron chi connectivity index (χ3n) is 3.50. The van der Waals surface area contributed by atoms with E-state index in [1.54, 1.807) is 0 Å². The predicted octanol–water partition coefficient (Wildman–Crippen LogP) is 3.45. The number of aliphatic hydroxyl groups excluding tert-OH is 1. The van der Waals surface area contributed by atoms with Crippen LogP contribution in [0.5, 0.6) is 0 Å². The molecule has 0 fully saturated rings. The Morgan fingerprint density at radius 3 is 2.33 bits per heavy atom. The summed E-state index contributed by atoms with van der Waals surface area (Å²) < 4.78 is 0. The molecule has 0 radical (unpaired) electrons. The van der Waals surface area contributed by atoms with Crippen LogP contribution in [0.2, 0.25) is 0 Å². The molecule has 0 aromatic heterocycles. The van der Waals surface area contributed by atoms with Gasteiger partial charge in [0, 0.05) is 12.1 Å². The summed E-state index contributed by atoms with van der Waals surface area (Å²) in [6.07, 6.45) is 4.63. The average Bonchev–Trinajstić information content (AvgIpc) is 2.42. The Bertz CT molecular complexity index is 316. The summed E-state index contributed by atoms with van der Waals surface area (Å²) >= 11 is 0. The SMILES string of the molecule is CCCCc1ccc(C(C)N[C@H](CC)CO)cc1. The largest absolute Gasteiger partial charge is 0.395 e. The number of aliphatic hydroxyl groups is 1. The smallest absolute Gasteiger partial charge is 0.0584 e. The van der Waals surface area contributed by atoms with Gasteiger partial charge in [-0.1, -0.05) is 44.5 Å². The molecule has 0 aliphatic carbocycles. The van der Waals surface area contributed by atoms with Gasteiger partial charge < -0.3 is 10.4 Å². The first-order valence-corrected chi connectivity index (χ1v) is 7.17. The van der Waals surface area contributed by atoms with E-state index in [0.29, 0.717) is 6.04 Å². The van der Waals surface area contributed by atoms with Crippen LogP contribution in [-0.2, 0) is 6.42 Å². The lowest BCUT2D eigenvalue weighted by atomic mass is 10.0. The van der Waals surface area contributed by atoms with E-state index in [2.05, 4.69) is 50.4 Å².